The van der Waals surface area contributed by atoms with Crippen LogP contribution in [0.15, 0.2) is 71.5 Å². The molecule has 9 heteroatoms. The van der Waals surface area contributed by atoms with Gasteiger partial charge in [-0.1, -0.05) is 18.2 Å². The lowest BCUT2D eigenvalue weighted by molar-refractivity contribution is -0.114. The van der Waals surface area contributed by atoms with Crippen molar-refractivity contribution in [3.8, 4) is 11.3 Å². The molecule has 2 aromatic carbocycles. The first-order chi connectivity index (χ1) is 14.8. The fourth-order valence-corrected chi connectivity index (χ4v) is 4.61. The van der Waals surface area contributed by atoms with Crippen LogP contribution in [0, 0.1) is 6.92 Å². The number of nitrogens with one attached hydrogen (secondary N) is 2. The predicted molar refractivity (Wildman–Crippen MR) is 126 cm³/mol. The molecule has 3 aromatic rings. The number of hydrogen-bond donors (Lipinski definition) is 2. The van der Waals surface area contributed by atoms with E-state index in [0.717, 1.165) is 16.3 Å². The smallest absolute Gasteiger partial charge is 0.243 e. The Morgan fingerprint density at radius 3 is 2.58 bits per heavy atom. The molecule has 0 atom stereocenters. The molecule has 31 heavy (non-hydrogen) atoms. The largest absolute Gasteiger partial charge is 0.376 e. The highest BCUT2D eigenvalue weighted by Gasteiger charge is 2.19. The first kappa shape index (κ1) is 22.7. The van der Waals surface area contributed by atoms with Gasteiger partial charge in [-0.15, -0.1) is 17.9 Å². The average molecular weight is 457 g/mol. The number of carbonyl (C=O) groups is 1. The van der Waals surface area contributed by atoms with Crippen molar-refractivity contribution in [2.45, 2.75) is 11.8 Å². The number of benzene rings is 2. The van der Waals surface area contributed by atoms with Gasteiger partial charge in [0.1, 0.15) is 0 Å². The molecule has 0 unspecified atom stereocenters. The molecule has 0 saturated heterocycles. The summed E-state index contributed by atoms with van der Waals surface area (Å²) < 4.78 is 26.1. The highest BCUT2D eigenvalue weighted by Crippen LogP contribution is 2.24. The topological polar surface area (TPSA) is 91.4 Å². The van der Waals surface area contributed by atoms with Crippen molar-refractivity contribution in [1.82, 2.24) is 9.29 Å². The lowest BCUT2D eigenvalue weighted by Crippen LogP contribution is -2.27. The predicted octanol–water partition coefficient (Wildman–Crippen LogP) is 3.98. The monoisotopic (exact) mass is 456 g/mol. The van der Waals surface area contributed by atoms with Crippen LogP contribution in [0.1, 0.15) is 5.01 Å². The van der Waals surface area contributed by atoms with Gasteiger partial charge in [0, 0.05) is 35.9 Å². The van der Waals surface area contributed by atoms with E-state index in [1.54, 1.807) is 23.5 Å². The zero-order chi connectivity index (χ0) is 22.4. The summed E-state index contributed by atoms with van der Waals surface area (Å²) in [6, 6.07) is 13.8. The van der Waals surface area contributed by atoms with Gasteiger partial charge in [-0.2, -0.15) is 4.31 Å². The number of likely N-dealkylation sites (N-methyl/N-ethyl adjacent to an activating group) is 1. The van der Waals surface area contributed by atoms with Gasteiger partial charge < -0.3 is 10.6 Å². The summed E-state index contributed by atoms with van der Waals surface area (Å²) in [6.45, 7) is 5.78. The van der Waals surface area contributed by atoms with E-state index in [2.05, 4.69) is 22.2 Å². The molecule has 3 rings (SSSR count). The Balaban J connectivity index is 1.58. The number of aryl methyl sites for hydroxylation is 1. The van der Waals surface area contributed by atoms with Crippen LogP contribution in [0.5, 0.6) is 0 Å². The Hall–Kier alpha value is -3.01. The molecular weight excluding hydrogens is 432 g/mol. The molecule has 7 nitrogen and oxygen atoms in total. The third-order valence-corrected chi connectivity index (χ3v) is 7.07. The summed E-state index contributed by atoms with van der Waals surface area (Å²) >= 11 is 1.58. The molecule has 0 aliphatic carbocycles. The summed E-state index contributed by atoms with van der Waals surface area (Å²) in [5.41, 5.74) is 3.15. The van der Waals surface area contributed by atoms with Crippen LogP contribution in [0.2, 0.25) is 0 Å². The third-order valence-electron chi connectivity index (χ3n) is 4.46. The zero-order valence-electron chi connectivity index (χ0n) is 17.3. The summed E-state index contributed by atoms with van der Waals surface area (Å²) in [5, 5.41) is 8.82. The molecule has 0 aliphatic rings. The van der Waals surface area contributed by atoms with Gasteiger partial charge in [-0.05, 0) is 43.3 Å². The minimum atomic E-state index is -3.56. The van der Waals surface area contributed by atoms with Gasteiger partial charge >= 0.3 is 0 Å². The standard InChI is InChI=1S/C22H24N4O3S2/c1-4-12-26(3)31(28,29)20-10-8-18(9-11-20)23-14-22(27)25-19-7-5-6-17(13-19)21-15-30-16(2)24-21/h4-11,13,15,23H,1,12,14H2,2-3H3,(H,25,27). The number of sulfonamides is 1. The van der Waals surface area contributed by atoms with E-state index in [1.165, 1.54) is 29.6 Å². The minimum absolute atomic E-state index is 0.0441. The van der Waals surface area contributed by atoms with Crippen molar-refractivity contribution in [1.29, 1.82) is 0 Å². The van der Waals surface area contributed by atoms with Crippen molar-refractivity contribution in [3.05, 3.63) is 71.6 Å². The van der Waals surface area contributed by atoms with E-state index in [1.807, 2.05) is 36.6 Å². The van der Waals surface area contributed by atoms with Crippen molar-refractivity contribution in [2.75, 3.05) is 30.8 Å². The van der Waals surface area contributed by atoms with Crippen molar-refractivity contribution in [3.63, 3.8) is 0 Å². The summed E-state index contributed by atoms with van der Waals surface area (Å²) in [6.07, 6.45) is 1.53. The van der Waals surface area contributed by atoms with E-state index in [0.29, 0.717) is 11.4 Å². The maximum atomic E-state index is 12.4. The quantitative estimate of drug-likeness (QED) is 0.475. The second-order valence-corrected chi connectivity index (χ2v) is 9.94. The lowest BCUT2D eigenvalue weighted by atomic mass is 10.1. The highest BCUT2D eigenvalue weighted by molar-refractivity contribution is 7.89. The Labute approximate surface area is 186 Å². The molecule has 0 spiro atoms. The van der Waals surface area contributed by atoms with Crippen molar-refractivity contribution >= 4 is 38.6 Å². The van der Waals surface area contributed by atoms with E-state index in [4.69, 9.17) is 0 Å². The van der Waals surface area contributed by atoms with E-state index >= 15 is 0 Å². The summed E-state index contributed by atoms with van der Waals surface area (Å²) in [5.74, 6) is -0.214. The van der Waals surface area contributed by atoms with Crippen LogP contribution < -0.4 is 10.6 Å². The van der Waals surface area contributed by atoms with Crippen LogP contribution in [0.25, 0.3) is 11.3 Å². The first-order valence-corrected chi connectivity index (χ1v) is 11.8. The molecular formula is C22H24N4O3S2. The highest BCUT2D eigenvalue weighted by atomic mass is 32.2. The van der Waals surface area contributed by atoms with Crippen LogP contribution in [-0.2, 0) is 14.8 Å². The number of amides is 1. The van der Waals surface area contributed by atoms with E-state index < -0.39 is 10.0 Å². The molecule has 162 valence electrons. The fourth-order valence-electron chi connectivity index (χ4n) is 2.84. The SMILES string of the molecule is C=CCN(C)S(=O)(=O)c1ccc(NCC(=O)Nc2cccc(-c3csc(C)n3)c2)cc1. The maximum Gasteiger partial charge on any atom is 0.243 e. The fraction of sp³-hybridized carbons (Fsp3) is 0.182. The number of thiazole rings is 1. The number of hydrogen-bond acceptors (Lipinski definition) is 6. The van der Waals surface area contributed by atoms with Crippen LogP contribution in [0.4, 0.5) is 11.4 Å². The lowest BCUT2D eigenvalue weighted by Gasteiger charge is -2.15. The molecule has 0 saturated carbocycles. The normalized spacial score (nSPS) is 11.3. The second kappa shape index (κ2) is 9.86. The number of anilines is 2. The van der Waals surface area contributed by atoms with Crippen molar-refractivity contribution < 1.29 is 13.2 Å². The van der Waals surface area contributed by atoms with E-state index in [9.17, 15) is 13.2 Å². The van der Waals surface area contributed by atoms with Gasteiger partial charge in [-0.25, -0.2) is 13.4 Å². The number of rotatable bonds is 9. The Kier molecular flexibility index (Phi) is 7.21. The Morgan fingerprint density at radius 2 is 1.94 bits per heavy atom. The van der Waals surface area contributed by atoms with E-state index in [-0.39, 0.29) is 23.9 Å². The molecule has 2 N–H and O–H groups in total. The number of aromatic nitrogens is 1. The maximum absolute atomic E-state index is 12.4. The Bertz CT molecular complexity index is 1170. The molecule has 1 aromatic heterocycles. The van der Waals surface area contributed by atoms with Crippen LogP contribution >= 0.6 is 11.3 Å². The van der Waals surface area contributed by atoms with Gasteiger partial charge in [0.2, 0.25) is 15.9 Å². The third kappa shape index (κ3) is 5.78. The molecule has 0 bridgehead atoms. The number of carbonyl (C=O) groups excluding carboxylic acids is 1. The second-order valence-electron chi connectivity index (χ2n) is 6.83. The minimum Gasteiger partial charge on any atom is -0.376 e. The van der Waals surface area contributed by atoms with Gasteiger partial charge in [0.05, 0.1) is 22.1 Å². The molecule has 0 aliphatic heterocycles. The first-order valence-electron chi connectivity index (χ1n) is 9.53. The number of nitrogens with zero attached hydrogens (tertiary/aromatic N) is 2. The average Bonchev–Trinajstić information content (AvgIpc) is 3.19. The van der Waals surface area contributed by atoms with Crippen LogP contribution in [-0.4, -0.2) is 43.8 Å². The molecule has 0 radical (unpaired) electrons. The van der Waals surface area contributed by atoms with Crippen molar-refractivity contribution in [2.24, 2.45) is 0 Å². The molecule has 0 fully saturated rings. The molecule has 1 heterocycles. The molecule has 1 amide bonds. The van der Waals surface area contributed by atoms with Gasteiger partial charge in [0.25, 0.3) is 0 Å². The zero-order valence-corrected chi connectivity index (χ0v) is 19.0. The van der Waals surface area contributed by atoms with Gasteiger partial charge in [0.15, 0.2) is 0 Å². The summed E-state index contributed by atoms with van der Waals surface area (Å²) in [7, 11) is -2.07. The Morgan fingerprint density at radius 1 is 1.19 bits per heavy atom. The summed E-state index contributed by atoms with van der Waals surface area (Å²) in [4.78, 5) is 17.0. The van der Waals surface area contributed by atoms with Crippen LogP contribution in [0.3, 0.4) is 0 Å². The van der Waals surface area contributed by atoms with Gasteiger partial charge in [-0.3, -0.25) is 4.79 Å².